The molecule has 1 rings (SSSR count). The molecule has 0 bridgehead atoms. The fraction of sp³-hybridized carbons (Fsp3) is 0.909. The van der Waals surface area contributed by atoms with Crippen LogP contribution in [0.15, 0.2) is 0 Å². The molecule has 1 saturated heterocycles. The molecule has 0 radical (unpaired) electrons. The third-order valence-corrected chi connectivity index (χ3v) is 2.52. The lowest BCUT2D eigenvalue weighted by molar-refractivity contribution is -0.142. The number of piperidine rings is 1. The van der Waals surface area contributed by atoms with Crippen LogP contribution in [0.1, 0.15) is 33.6 Å². The fourth-order valence-electron chi connectivity index (χ4n) is 1.52. The maximum atomic E-state index is 11.7. The first kappa shape index (κ1) is 12.5. The third-order valence-electron chi connectivity index (χ3n) is 2.52. The summed E-state index contributed by atoms with van der Waals surface area (Å²) in [6.07, 6.45) is 1.81. The van der Waals surface area contributed by atoms with Gasteiger partial charge >= 0.3 is 0 Å². The Morgan fingerprint density at radius 3 is 2.40 bits per heavy atom. The van der Waals surface area contributed by atoms with Crippen molar-refractivity contribution in [2.75, 3.05) is 19.7 Å². The van der Waals surface area contributed by atoms with Crippen molar-refractivity contribution in [1.82, 2.24) is 4.90 Å². The van der Waals surface area contributed by atoms with E-state index in [2.05, 4.69) is 0 Å². The number of hydrogen-bond acceptors (Lipinski definition) is 3. The molecule has 15 heavy (non-hydrogen) atoms. The molecule has 1 fully saturated rings. The standard InChI is InChI=1S/C11H22N2O2/c1-11(2,3)15-8-10(14)13-6-4-9(12)5-7-13/h9H,4-8,12H2,1-3H3. The molecule has 0 aromatic rings. The van der Waals surface area contributed by atoms with Crippen molar-refractivity contribution in [2.45, 2.75) is 45.3 Å². The molecule has 0 atom stereocenters. The first-order valence-corrected chi connectivity index (χ1v) is 5.56. The number of rotatable bonds is 2. The van der Waals surface area contributed by atoms with E-state index < -0.39 is 0 Å². The van der Waals surface area contributed by atoms with Crippen LogP contribution in [0.5, 0.6) is 0 Å². The first-order valence-electron chi connectivity index (χ1n) is 5.56. The Morgan fingerprint density at radius 1 is 1.40 bits per heavy atom. The Balaban J connectivity index is 2.29. The quantitative estimate of drug-likeness (QED) is 0.738. The lowest BCUT2D eigenvalue weighted by Crippen LogP contribution is -2.44. The Morgan fingerprint density at radius 2 is 1.93 bits per heavy atom. The Bertz CT molecular complexity index is 215. The van der Waals surface area contributed by atoms with Crippen LogP contribution in [0.25, 0.3) is 0 Å². The van der Waals surface area contributed by atoms with Crippen LogP contribution in [0.4, 0.5) is 0 Å². The van der Waals surface area contributed by atoms with Crippen LogP contribution < -0.4 is 5.73 Å². The highest BCUT2D eigenvalue weighted by Gasteiger charge is 2.22. The van der Waals surface area contributed by atoms with E-state index in [0.717, 1.165) is 25.9 Å². The molecule has 1 heterocycles. The summed E-state index contributed by atoms with van der Waals surface area (Å²) < 4.78 is 5.45. The van der Waals surface area contributed by atoms with Gasteiger partial charge in [0.1, 0.15) is 6.61 Å². The number of carbonyl (C=O) groups excluding carboxylic acids is 1. The van der Waals surface area contributed by atoms with Crippen LogP contribution in [0.2, 0.25) is 0 Å². The van der Waals surface area contributed by atoms with Crippen LogP contribution >= 0.6 is 0 Å². The molecule has 1 amide bonds. The molecule has 4 heteroatoms. The topological polar surface area (TPSA) is 55.6 Å². The lowest BCUT2D eigenvalue weighted by atomic mass is 10.1. The van der Waals surface area contributed by atoms with Gasteiger partial charge in [-0.2, -0.15) is 0 Å². The molecule has 0 aromatic heterocycles. The average molecular weight is 214 g/mol. The van der Waals surface area contributed by atoms with E-state index in [9.17, 15) is 4.79 Å². The molecule has 4 nitrogen and oxygen atoms in total. The van der Waals surface area contributed by atoms with Crippen LogP contribution in [-0.4, -0.2) is 42.1 Å². The number of carbonyl (C=O) groups is 1. The number of likely N-dealkylation sites (tertiary alicyclic amines) is 1. The van der Waals surface area contributed by atoms with E-state index in [4.69, 9.17) is 10.5 Å². The molecule has 2 N–H and O–H groups in total. The predicted molar refractivity (Wildman–Crippen MR) is 59.5 cm³/mol. The summed E-state index contributed by atoms with van der Waals surface area (Å²) >= 11 is 0. The highest BCUT2D eigenvalue weighted by atomic mass is 16.5. The third kappa shape index (κ3) is 4.62. The first-order chi connectivity index (χ1) is 6.88. The highest BCUT2D eigenvalue weighted by Crippen LogP contribution is 2.11. The average Bonchev–Trinajstić information content (AvgIpc) is 2.14. The second-order valence-electron chi connectivity index (χ2n) is 5.12. The Kier molecular flexibility index (Phi) is 4.11. The molecular weight excluding hydrogens is 192 g/mol. The van der Waals surface area contributed by atoms with Crippen molar-refractivity contribution in [3.05, 3.63) is 0 Å². The van der Waals surface area contributed by atoms with E-state index in [1.807, 2.05) is 25.7 Å². The smallest absolute Gasteiger partial charge is 0.248 e. The Hall–Kier alpha value is -0.610. The van der Waals surface area contributed by atoms with Gasteiger partial charge in [-0.15, -0.1) is 0 Å². The van der Waals surface area contributed by atoms with E-state index in [1.165, 1.54) is 0 Å². The zero-order valence-corrected chi connectivity index (χ0v) is 9.95. The van der Waals surface area contributed by atoms with Gasteiger partial charge in [-0.05, 0) is 33.6 Å². The van der Waals surface area contributed by atoms with Crippen LogP contribution in [-0.2, 0) is 9.53 Å². The molecule has 0 unspecified atom stereocenters. The molecule has 0 spiro atoms. The maximum Gasteiger partial charge on any atom is 0.248 e. The molecule has 88 valence electrons. The number of ether oxygens (including phenoxy) is 1. The van der Waals surface area contributed by atoms with E-state index in [0.29, 0.717) is 0 Å². The zero-order valence-electron chi connectivity index (χ0n) is 9.95. The van der Waals surface area contributed by atoms with Crippen molar-refractivity contribution >= 4 is 5.91 Å². The van der Waals surface area contributed by atoms with Crippen molar-refractivity contribution in [1.29, 1.82) is 0 Å². The van der Waals surface area contributed by atoms with Gasteiger partial charge in [-0.1, -0.05) is 0 Å². The van der Waals surface area contributed by atoms with E-state index in [-0.39, 0.29) is 24.2 Å². The normalized spacial score (nSPS) is 19.3. The van der Waals surface area contributed by atoms with E-state index in [1.54, 1.807) is 0 Å². The predicted octanol–water partition coefficient (Wildman–Crippen LogP) is 0.751. The summed E-state index contributed by atoms with van der Waals surface area (Å²) in [7, 11) is 0. The van der Waals surface area contributed by atoms with Crippen molar-refractivity contribution in [2.24, 2.45) is 5.73 Å². The van der Waals surface area contributed by atoms with Gasteiger partial charge in [0.15, 0.2) is 0 Å². The number of nitrogens with zero attached hydrogens (tertiary/aromatic N) is 1. The van der Waals surface area contributed by atoms with Gasteiger partial charge in [0.05, 0.1) is 5.60 Å². The highest BCUT2D eigenvalue weighted by molar-refractivity contribution is 5.77. The van der Waals surface area contributed by atoms with Gasteiger partial charge in [-0.25, -0.2) is 0 Å². The summed E-state index contributed by atoms with van der Waals surface area (Å²) in [4.78, 5) is 13.6. The summed E-state index contributed by atoms with van der Waals surface area (Å²) in [5.74, 6) is 0.0804. The zero-order chi connectivity index (χ0) is 11.5. The Labute approximate surface area is 91.8 Å². The van der Waals surface area contributed by atoms with E-state index >= 15 is 0 Å². The van der Waals surface area contributed by atoms with Gasteiger partial charge in [-0.3, -0.25) is 4.79 Å². The summed E-state index contributed by atoms with van der Waals surface area (Å²) in [6.45, 7) is 7.57. The maximum absolute atomic E-state index is 11.7. The molecule has 0 aromatic carbocycles. The van der Waals surface area contributed by atoms with Crippen molar-refractivity contribution < 1.29 is 9.53 Å². The number of nitrogens with two attached hydrogens (primary N) is 1. The number of hydrogen-bond donors (Lipinski definition) is 1. The molecule has 0 aliphatic carbocycles. The van der Waals surface area contributed by atoms with Gasteiger partial charge < -0.3 is 15.4 Å². The summed E-state index contributed by atoms with van der Waals surface area (Å²) in [5, 5.41) is 0. The van der Waals surface area contributed by atoms with Crippen LogP contribution in [0.3, 0.4) is 0 Å². The second-order valence-corrected chi connectivity index (χ2v) is 5.12. The van der Waals surface area contributed by atoms with Gasteiger partial charge in [0, 0.05) is 19.1 Å². The molecular formula is C11H22N2O2. The minimum Gasteiger partial charge on any atom is -0.366 e. The summed E-state index contributed by atoms with van der Waals surface area (Å²) in [5.41, 5.74) is 5.52. The van der Waals surface area contributed by atoms with Gasteiger partial charge in [0.25, 0.3) is 0 Å². The van der Waals surface area contributed by atoms with Crippen molar-refractivity contribution in [3.8, 4) is 0 Å². The number of amides is 1. The lowest BCUT2D eigenvalue weighted by Gasteiger charge is -2.31. The van der Waals surface area contributed by atoms with Crippen LogP contribution in [0, 0.1) is 0 Å². The summed E-state index contributed by atoms with van der Waals surface area (Å²) in [6, 6.07) is 0.262. The second kappa shape index (κ2) is 4.94. The minimum absolute atomic E-state index is 0.0804. The molecule has 1 aliphatic rings. The van der Waals surface area contributed by atoms with Crippen molar-refractivity contribution in [3.63, 3.8) is 0 Å². The molecule has 1 aliphatic heterocycles. The minimum atomic E-state index is -0.248. The largest absolute Gasteiger partial charge is 0.366 e. The fourth-order valence-corrected chi connectivity index (χ4v) is 1.52. The molecule has 0 saturated carbocycles. The monoisotopic (exact) mass is 214 g/mol. The van der Waals surface area contributed by atoms with Gasteiger partial charge in [0.2, 0.25) is 5.91 Å². The SMILES string of the molecule is CC(C)(C)OCC(=O)N1CCC(N)CC1.